The van der Waals surface area contributed by atoms with Gasteiger partial charge in [-0.05, 0) is 0 Å². The molecule has 0 aliphatic rings. The van der Waals surface area contributed by atoms with Crippen LogP contribution in [0.2, 0.25) is 0 Å². The molecule has 0 saturated carbocycles. The molecule has 0 rings (SSSR count). The Kier molecular flexibility index (Phi) is 6.96. The van der Waals surface area contributed by atoms with Crippen LogP contribution >= 0.6 is 16.5 Å². The third-order valence-electron chi connectivity index (χ3n) is 0.567. The molecule has 0 fully saturated rings. The van der Waals surface area contributed by atoms with Crippen LogP contribution in [-0.2, 0) is 0 Å². The van der Waals surface area contributed by atoms with Gasteiger partial charge in [-0.1, -0.05) is 0 Å². The van der Waals surface area contributed by atoms with E-state index in [9.17, 15) is 0 Å². The van der Waals surface area contributed by atoms with Crippen molar-refractivity contribution >= 4 is 16.5 Å². The second kappa shape index (κ2) is 6.98. The molecular weight excluding hydrogens is 134 g/mol. The van der Waals surface area contributed by atoms with E-state index in [-0.39, 0.29) is 8.27 Å². The van der Waals surface area contributed by atoms with Crippen molar-refractivity contribution < 1.29 is 0 Å². The second-order valence-electron chi connectivity index (χ2n) is 1.16. The summed E-state index contributed by atoms with van der Waals surface area (Å²) in [6.07, 6.45) is 0. The van der Waals surface area contributed by atoms with Crippen LogP contribution in [0.4, 0.5) is 0 Å². The third-order valence-corrected chi connectivity index (χ3v) is 3.29. The minimum atomic E-state index is -0.107. The Bertz CT molecular complexity index is 131. The molecule has 0 aromatic heterocycles. The van der Waals surface area contributed by atoms with Gasteiger partial charge in [0.25, 0.3) is 0 Å². The SMILES string of the molecule is CC#CP[PH3]C#CC. The molecule has 1 atom stereocenters. The molecule has 0 saturated heterocycles. The summed E-state index contributed by atoms with van der Waals surface area (Å²) in [4.78, 5) is 0. The summed E-state index contributed by atoms with van der Waals surface area (Å²) in [5, 5.41) is 0. The van der Waals surface area contributed by atoms with Gasteiger partial charge in [-0.25, -0.2) is 0 Å². The summed E-state index contributed by atoms with van der Waals surface area (Å²) < 4.78 is 0. The molecule has 0 aliphatic heterocycles. The van der Waals surface area contributed by atoms with Crippen molar-refractivity contribution in [1.29, 1.82) is 0 Å². The van der Waals surface area contributed by atoms with Gasteiger partial charge in [0.05, 0.1) is 0 Å². The van der Waals surface area contributed by atoms with Gasteiger partial charge in [-0.15, -0.1) is 0 Å². The predicted octanol–water partition coefficient (Wildman–Crippen LogP) is 1.68. The first-order chi connectivity index (χ1) is 3.91. The standard InChI is InChI=1S/C6H10P2/c1-3-5-7-8-6-4-2/h7H,1-2,8H3. The van der Waals surface area contributed by atoms with Crippen LogP contribution in [-0.4, -0.2) is 0 Å². The van der Waals surface area contributed by atoms with Crippen LogP contribution in [0.25, 0.3) is 0 Å². The van der Waals surface area contributed by atoms with E-state index in [1.54, 1.807) is 0 Å². The van der Waals surface area contributed by atoms with Crippen LogP contribution in [0, 0.1) is 23.2 Å². The summed E-state index contributed by atoms with van der Waals surface area (Å²) in [5.74, 6) is 5.73. The molecule has 0 aromatic carbocycles. The summed E-state index contributed by atoms with van der Waals surface area (Å²) >= 11 is 0. The molecule has 0 heterocycles. The van der Waals surface area contributed by atoms with E-state index in [1.165, 1.54) is 0 Å². The van der Waals surface area contributed by atoms with Gasteiger partial charge >= 0.3 is 53.6 Å². The van der Waals surface area contributed by atoms with Crippen molar-refractivity contribution in [2.45, 2.75) is 13.8 Å². The van der Waals surface area contributed by atoms with Crippen molar-refractivity contribution in [3.05, 3.63) is 0 Å². The van der Waals surface area contributed by atoms with Crippen LogP contribution in [0.3, 0.4) is 0 Å². The van der Waals surface area contributed by atoms with Gasteiger partial charge in [-0.2, -0.15) is 0 Å². The van der Waals surface area contributed by atoms with Gasteiger partial charge in [-0.3, -0.25) is 0 Å². The minimum absolute atomic E-state index is 0.107. The Hall–Kier alpha value is -0.0200. The summed E-state index contributed by atoms with van der Waals surface area (Å²) in [7, 11) is 0.737. The molecule has 0 amide bonds. The van der Waals surface area contributed by atoms with Crippen LogP contribution in [0.5, 0.6) is 0 Å². The Morgan fingerprint density at radius 2 is 2.00 bits per heavy atom. The summed E-state index contributed by atoms with van der Waals surface area (Å²) in [5.41, 5.74) is 6.10. The van der Waals surface area contributed by atoms with Crippen molar-refractivity contribution in [2.24, 2.45) is 0 Å². The molecule has 0 radical (unpaired) electrons. The topological polar surface area (TPSA) is 0 Å². The van der Waals surface area contributed by atoms with Crippen molar-refractivity contribution in [3.63, 3.8) is 0 Å². The van der Waals surface area contributed by atoms with E-state index in [0.717, 1.165) is 8.27 Å². The number of hydrogen-bond donors (Lipinski definition) is 0. The molecule has 44 valence electrons. The normalized spacial score (nSPS) is 7.75. The van der Waals surface area contributed by atoms with E-state index in [4.69, 9.17) is 0 Å². The summed E-state index contributed by atoms with van der Waals surface area (Å²) in [6, 6.07) is 0. The van der Waals surface area contributed by atoms with Crippen LogP contribution in [0.15, 0.2) is 0 Å². The van der Waals surface area contributed by atoms with Crippen molar-refractivity contribution in [3.8, 4) is 23.2 Å². The fourth-order valence-electron chi connectivity index (χ4n) is 0.265. The molecule has 2 heteroatoms. The van der Waals surface area contributed by atoms with Gasteiger partial charge in [0.15, 0.2) is 0 Å². The quantitative estimate of drug-likeness (QED) is 0.298. The first-order valence-electron chi connectivity index (χ1n) is 2.46. The number of rotatable bonds is 1. The average Bonchev–Trinajstić information content (AvgIpc) is 1.81. The zero-order valence-electron chi connectivity index (χ0n) is 5.21. The zero-order valence-corrected chi connectivity index (χ0v) is 7.62. The van der Waals surface area contributed by atoms with Gasteiger partial charge < -0.3 is 0 Å². The Morgan fingerprint density at radius 3 is 2.50 bits per heavy atom. The van der Waals surface area contributed by atoms with Gasteiger partial charge in [0, 0.05) is 0 Å². The summed E-state index contributed by atoms with van der Waals surface area (Å²) in [6.45, 7) is 3.76. The molecule has 0 N–H and O–H groups in total. The molecule has 8 heavy (non-hydrogen) atoms. The van der Waals surface area contributed by atoms with E-state index >= 15 is 0 Å². The van der Waals surface area contributed by atoms with Crippen molar-refractivity contribution in [1.82, 2.24) is 0 Å². The Morgan fingerprint density at radius 1 is 1.25 bits per heavy atom. The molecule has 1 unspecified atom stereocenters. The monoisotopic (exact) mass is 144 g/mol. The predicted molar refractivity (Wildman–Crippen MR) is 46.3 cm³/mol. The molecule has 0 aliphatic carbocycles. The maximum atomic E-state index is 3.08. The first kappa shape index (κ1) is 7.98. The zero-order chi connectivity index (χ0) is 6.24. The van der Waals surface area contributed by atoms with Gasteiger partial charge in [0.1, 0.15) is 0 Å². The molecular formula is C6H10P2. The fraction of sp³-hybridized carbons (Fsp3) is 0.333. The second-order valence-corrected chi connectivity index (χ2v) is 4.59. The Labute approximate surface area is 54.3 Å². The van der Waals surface area contributed by atoms with E-state index < -0.39 is 0 Å². The Balaban J connectivity index is 3.10. The third kappa shape index (κ3) is 5.98. The first-order valence-corrected chi connectivity index (χ1v) is 6.49. The van der Waals surface area contributed by atoms with E-state index in [2.05, 4.69) is 23.2 Å². The maximum absolute atomic E-state index is 3.08. The average molecular weight is 144 g/mol. The number of hydrogen-bond acceptors (Lipinski definition) is 0. The van der Waals surface area contributed by atoms with Gasteiger partial charge in [0.2, 0.25) is 0 Å². The molecule has 0 aromatic rings. The van der Waals surface area contributed by atoms with Crippen LogP contribution in [0.1, 0.15) is 13.8 Å². The fourth-order valence-corrected chi connectivity index (χ4v) is 2.39. The molecule has 0 bridgehead atoms. The van der Waals surface area contributed by atoms with E-state index in [0.29, 0.717) is 0 Å². The van der Waals surface area contributed by atoms with Crippen LogP contribution < -0.4 is 0 Å². The van der Waals surface area contributed by atoms with Crippen molar-refractivity contribution in [2.75, 3.05) is 0 Å². The molecule has 0 spiro atoms. The van der Waals surface area contributed by atoms with E-state index in [1.807, 2.05) is 13.8 Å². The molecule has 0 nitrogen and oxygen atoms in total.